The first-order chi connectivity index (χ1) is 7.25. The van der Waals surface area contributed by atoms with E-state index in [4.69, 9.17) is 9.90 Å². The van der Waals surface area contributed by atoms with Crippen molar-refractivity contribution in [3.05, 3.63) is 30.1 Å². The number of carbonyl (C=O) groups is 2. The molecule has 1 aromatic heterocycles. The van der Waals surface area contributed by atoms with Crippen molar-refractivity contribution >= 4 is 11.9 Å². The summed E-state index contributed by atoms with van der Waals surface area (Å²) in [6.45, 7) is 0. The summed E-state index contributed by atoms with van der Waals surface area (Å²) in [6, 6.07) is 3.08. The first-order valence-electron chi connectivity index (χ1n) is 3.75. The molecule has 16 heavy (non-hydrogen) atoms. The third kappa shape index (κ3) is 5.58. The standard InChI is InChI=1S/C6H5NO2.C2H2F3NO/c8-6(9)5-2-1-3-7-4-5;3-2(4,5)1(6)7/h1-4H,(H,8,9);(H2,6,7). The fraction of sp³-hybridized carbons (Fsp3) is 0.125. The highest BCUT2D eigenvalue weighted by Crippen LogP contribution is 2.11. The molecule has 0 atom stereocenters. The van der Waals surface area contributed by atoms with Gasteiger partial charge in [0.1, 0.15) is 0 Å². The molecular formula is C8H7F3N2O3. The first-order valence-corrected chi connectivity index (χ1v) is 3.75. The van der Waals surface area contributed by atoms with Gasteiger partial charge in [-0.15, -0.1) is 0 Å². The average molecular weight is 236 g/mol. The van der Waals surface area contributed by atoms with Crippen LogP contribution in [0.25, 0.3) is 0 Å². The second kappa shape index (κ2) is 5.69. The molecule has 1 amide bonds. The van der Waals surface area contributed by atoms with Gasteiger partial charge in [0.15, 0.2) is 0 Å². The van der Waals surface area contributed by atoms with Crippen LogP contribution >= 0.6 is 0 Å². The number of alkyl halides is 3. The van der Waals surface area contributed by atoms with Gasteiger partial charge < -0.3 is 10.8 Å². The minimum atomic E-state index is -4.86. The van der Waals surface area contributed by atoms with Crippen molar-refractivity contribution < 1.29 is 27.9 Å². The number of hydrogen-bond acceptors (Lipinski definition) is 3. The van der Waals surface area contributed by atoms with E-state index in [1.54, 1.807) is 6.07 Å². The number of carboxylic acid groups (broad SMARTS) is 1. The molecule has 0 saturated heterocycles. The molecule has 0 aliphatic carbocycles. The third-order valence-electron chi connectivity index (χ3n) is 1.19. The van der Waals surface area contributed by atoms with Gasteiger partial charge in [0.2, 0.25) is 0 Å². The Hall–Kier alpha value is -2.12. The van der Waals surface area contributed by atoms with Gasteiger partial charge in [-0.1, -0.05) is 0 Å². The van der Waals surface area contributed by atoms with E-state index < -0.39 is 18.1 Å². The largest absolute Gasteiger partial charge is 0.478 e. The average Bonchev–Trinajstić information content (AvgIpc) is 2.18. The Balaban J connectivity index is 0.000000293. The van der Waals surface area contributed by atoms with E-state index in [1.807, 2.05) is 0 Å². The lowest BCUT2D eigenvalue weighted by Crippen LogP contribution is -2.30. The molecule has 1 heterocycles. The first kappa shape index (κ1) is 13.9. The zero-order valence-corrected chi connectivity index (χ0v) is 7.73. The number of carboxylic acids is 1. The van der Waals surface area contributed by atoms with Gasteiger partial charge in [0.25, 0.3) is 0 Å². The van der Waals surface area contributed by atoms with Gasteiger partial charge in [-0.05, 0) is 12.1 Å². The molecule has 0 radical (unpaired) electrons. The fourth-order valence-corrected chi connectivity index (χ4v) is 0.489. The van der Waals surface area contributed by atoms with Crippen LogP contribution in [-0.2, 0) is 4.79 Å². The number of aromatic nitrogens is 1. The third-order valence-corrected chi connectivity index (χ3v) is 1.19. The molecule has 0 unspecified atom stereocenters. The van der Waals surface area contributed by atoms with E-state index in [0.717, 1.165) is 0 Å². The van der Waals surface area contributed by atoms with Crippen LogP contribution in [0.1, 0.15) is 10.4 Å². The van der Waals surface area contributed by atoms with Gasteiger partial charge in [-0.25, -0.2) is 4.79 Å². The van der Waals surface area contributed by atoms with Crippen molar-refractivity contribution in [2.45, 2.75) is 6.18 Å². The number of nitrogens with two attached hydrogens (primary N) is 1. The summed E-state index contributed by atoms with van der Waals surface area (Å²) in [7, 11) is 0. The van der Waals surface area contributed by atoms with Crippen molar-refractivity contribution in [2.24, 2.45) is 5.73 Å². The predicted molar refractivity (Wildman–Crippen MR) is 46.4 cm³/mol. The van der Waals surface area contributed by atoms with Crippen molar-refractivity contribution in [1.82, 2.24) is 4.98 Å². The summed E-state index contributed by atoms with van der Waals surface area (Å²) in [6.07, 6.45) is -2.02. The summed E-state index contributed by atoms with van der Waals surface area (Å²) < 4.78 is 32.1. The Labute approximate surface area is 87.7 Å². The molecule has 0 spiro atoms. The van der Waals surface area contributed by atoms with Crippen molar-refractivity contribution in [1.29, 1.82) is 0 Å². The number of pyridine rings is 1. The molecule has 0 bridgehead atoms. The number of nitrogens with zero attached hydrogens (tertiary/aromatic N) is 1. The van der Waals surface area contributed by atoms with E-state index in [1.165, 1.54) is 18.5 Å². The van der Waals surface area contributed by atoms with Gasteiger partial charge in [-0.2, -0.15) is 13.2 Å². The van der Waals surface area contributed by atoms with Crippen LogP contribution < -0.4 is 5.73 Å². The molecule has 8 heteroatoms. The number of halogens is 3. The maximum absolute atomic E-state index is 10.7. The normalized spacial score (nSPS) is 9.94. The van der Waals surface area contributed by atoms with Crippen LogP contribution in [0, 0.1) is 0 Å². The van der Waals surface area contributed by atoms with Gasteiger partial charge in [0.05, 0.1) is 5.56 Å². The van der Waals surface area contributed by atoms with Crippen LogP contribution in [0.15, 0.2) is 24.5 Å². The SMILES string of the molecule is NC(=O)C(F)(F)F.O=C(O)c1cccnc1. The molecule has 0 fully saturated rings. The maximum atomic E-state index is 10.7. The molecular weight excluding hydrogens is 229 g/mol. The molecule has 0 aliphatic rings. The Morgan fingerprint density at radius 2 is 1.88 bits per heavy atom. The summed E-state index contributed by atoms with van der Waals surface area (Å²) in [5, 5.41) is 8.34. The molecule has 88 valence electrons. The number of primary amides is 1. The zero-order valence-electron chi connectivity index (χ0n) is 7.73. The van der Waals surface area contributed by atoms with Crippen LogP contribution in [0.2, 0.25) is 0 Å². The lowest BCUT2D eigenvalue weighted by Gasteiger charge is -1.95. The highest BCUT2D eigenvalue weighted by atomic mass is 19.4. The number of aromatic carboxylic acids is 1. The number of hydrogen-bond donors (Lipinski definition) is 2. The zero-order chi connectivity index (χ0) is 12.8. The minimum Gasteiger partial charge on any atom is -0.478 e. The number of carbonyl (C=O) groups excluding carboxylic acids is 1. The fourth-order valence-electron chi connectivity index (χ4n) is 0.489. The quantitative estimate of drug-likeness (QED) is 0.754. The predicted octanol–water partition coefficient (Wildman–Crippen LogP) is 0.814. The van der Waals surface area contributed by atoms with Gasteiger partial charge in [0, 0.05) is 12.4 Å². The Morgan fingerprint density at radius 3 is 2.06 bits per heavy atom. The Kier molecular flexibility index (Phi) is 4.93. The summed E-state index contributed by atoms with van der Waals surface area (Å²) >= 11 is 0. The topological polar surface area (TPSA) is 93.3 Å². The minimum absolute atomic E-state index is 0.220. The van der Waals surface area contributed by atoms with E-state index in [0.29, 0.717) is 0 Å². The Bertz CT molecular complexity index is 365. The smallest absolute Gasteiger partial charge is 0.470 e. The van der Waals surface area contributed by atoms with Crippen molar-refractivity contribution in [2.75, 3.05) is 0 Å². The van der Waals surface area contributed by atoms with Gasteiger partial charge in [-0.3, -0.25) is 9.78 Å². The summed E-state index contributed by atoms with van der Waals surface area (Å²) in [5.41, 5.74) is 4.03. The molecule has 1 aromatic rings. The van der Waals surface area contributed by atoms with Crippen LogP contribution in [0.3, 0.4) is 0 Å². The van der Waals surface area contributed by atoms with Gasteiger partial charge >= 0.3 is 18.1 Å². The maximum Gasteiger partial charge on any atom is 0.470 e. The molecule has 3 N–H and O–H groups in total. The molecule has 0 aliphatic heterocycles. The van der Waals surface area contributed by atoms with Crippen LogP contribution in [0.5, 0.6) is 0 Å². The molecule has 0 saturated carbocycles. The van der Waals surface area contributed by atoms with Crippen molar-refractivity contribution in [3.63, 3.8) is 0 Å². The second-order valence-corrected chi connectivity index (χ2v) is 2.41. The second-order valence-electron chi connectivity index (χ2n) is 2.41. The Morgan fingerprint density at radius 1 is 1.38 bits per heavy atom. The molecule has 1 rings (SSSR count). The highest BCUT2D eigenvalue weighted by Gasteiger charge is 2.35. The lowest BCUT2D eigenvalue weighted by atomic mass is 10.3. The molecule has 0 aromatic carbocycles. The molecule has 5 nitrogen and oxygen atoms in total. The summed E-state index contributed by atoms with van der Waals surface area (Å²) in [5.74, 6) is -3.20. The van der Waals surface area contributed by atoms with E-state index in [-0.39, 0.29) is 5.56 Å². The number of amides is 1. The monoisotopic (exact) mass is 236 g/mol. The number of rotatable bonds is 1. The van der Waals surface area contributed by atoms with Crippen molar-refractivity contribution in [3.8, 4) is 0 Å². The van der Waals surface area contributed by atoms with E-state index in [9.17, 15) is 18.0 Å². The highest BCUT2D eigenvalue weighted by molar-refractivity contribution is 5.86. The lowest BCUT2D eigenvalue weighted by molar-refractivity contribution is -0.169. The van der Waals surface area contributed by atoms with Crippen LogP contribution in [-0.4, -0.2) is 28.1 Å². The van der Waals surface area contributed by atoms with E-state index >= 15 is 0 Å². The van der Waals surface area contributed by atoms with Crippen LogP contribution in [0.4, 0.5) is 13.2 Å². The summed E-state index contributed by atoms with van der Waals surface area (Å²) in [4.78, 5) is 22.9. The van der Waals surface area contributed by atoms with E-state index in [2.05, 4.69) is 10.7 Å².